The number of aromatic nitrogens is 2. The first-order valence-electron chi connectivity index (χ1n) is 8.35. The fourth-order valence-corrected chi connectivity index (χ4v) is 3.45. The number of nitrogens with one attached hydrogen (secondary N) is 1. The Bertz CT molecular complexity index is 944. The summed E-state index contributed by atoms with van der Waals surface area (Å²) >= 11 is 5.93. The molecule has 4 nitrogen and oxygen atoms in total. The number of nitrogens with zero attached hydrogens (tertiary/aromatic N) is 2. The number of carbonyl (C=O) groups is 1. The lowest BCUT2D eigenvalue weighted by atomic mass is 10.1. The first-order valence-corrected chi connectivity index (χ1v) is 8.73. The average molecular weight is 352 g/mol. The summed E-state index contributed by atoms with van der Waals surface area (Å²) in [6.45, 7) is 1.89. The zero-order valence-electron chi connectivity index (χ0n) is 13.9. The van der Waals surface area contributed by atoms with E-state index in [-0.39, 0.29) is 5.91 Å². The van der Waals surface area contributed by atoms with Crippen LogP contribution in [0.4, 0.5) is 5.69 Å². The molecule has 1 aliphatic carbocycles. The first kappa shape index (κ1) is 15.9. The van der Waals surface area contributed by atoms with E-state index >= 15 is 0 Å². The summed E-state index contributed by atoms with van der Waals surface area (Å²) in [4.78, 5) is 12.6. The number of rotatable bonds is 3. The minimum atomic E-state index is -0.143. The second-order valence-electron chi connectivity index (χ2n) is 6.32. The van der Waals surface area contributed by atoms with E-state index in [1.165, 1.54) is 17.5 Å². The van der Waals surface area contributed by atoms with Crippen molar-refractivity contribution < 1.29 is 4.79 Å². The Balaban J connectivity index is 1.57. The number of benzene rings is 2. The van der Waals surface area contributed by atoms with Gasteiger partial charge in [0.25, 0.3) is 5.91 Å². The van der Waals surface area contributed by atoms with Crippen molar-refractivity contribution >= 4 is 23.2 Å². The summed E-state index contributed by atoms with van der Waals surface area (Å²) in [6, 6.07) is 13.5. The van der Waals surface area contributed by atoms with Crippen molar-refractivity contribution in [3.05, 3.63) is 76.1 Å². The normalized spacial score (nSPS) is 12.9. The number of hydrogen-bond acceptors (Lipinski definition) is 2. The van der Waals surface area contributed by atoms with Gasteiger partial charge in [0, 0.05) is 10.7 Å². The van der Waals surface area contributed by atoms with Crippen LogP contribution in [-0.4, -0.2) is 15.7 Å². The van der Waals surface area contributed by atoms with E-state index in [4.69, 9.17) is 11.6 Å². The largest absolute Gasteiger partial charge is 0.322 e. The van der Waals surface area contributed by atoms with Gasteiger partial charge in [0.05, 0.1) is 23.1 Å². The first-order chi connectivity index (χ1) is 12.1. The maximum atomic E-state index is 12.6. The SMILES string of the molecule is Cc1c(C(=O)Nc2ccc3c(c2)CCC3)cnn1-c1ccc(Cl)cc1. The van der Waals surface area contributed by atoms with E-state index in [9.17, 15) is 4.79 Å². The molecule has 0 saturated heterocycles. The van der Waals surface area contributed by atoms with Crippen molar-refractivity contribution in [3.8, 4) is 5.69 Å². The highest BCUT2D eigenvalue weighted by Crippen LogP contribution is 2.25. The third kappa shape index (κ3) is 3.05. The Morgan fingerprint density at radius 2 is 1.88 bits per heavy atom. The van der Waals surface area contributed by atoms with Gasteiger partial charge in [-0.3, -0.25) is 4.79 Å². The maximum Gasteiger partial charge on any atom is 0.259 e. The van der Waals surface area contributed by atoms with Crippen LogP contribution in [0.3, 0.4) is 0 Å². The van der Waals surface area contributed by atoms with Crippen LogP contribution in [0.5, 0.6) is 0 Å². The third-order valence-electron chi connectivity index (χ3n) is 4.68. The molecule has 1 aromatic heterocycles. The van der Waals surface area contributed by atoms with E-state index < -0.39 is 0 Å². The molecule has 1 N–H and O–H groups in total. The highest BCUT2D eigenvalue weighted by molar-refractivity contribution is 6.30. The Labute approximate surface area is 151 Å². The molecule has 0 aliphatic heterocycles. The Morgan fingerprint density at radius 1 is 1.12 bits per heavy atom. The van der Waals surface area contributed by atoms with Crippen LogP contribution in [-0.2, 0) is 12.8 Å². The molecule has 1 amide bonds. The molecule has 0 unspecified atom stereocenters. The van der Waals surface area contributed by atoms with Gasteiger partial charge in [-0.05, 0) is 73.7 Å². The number of hydrogen-bond donors (Lipinski definition) is 1. The minimum absolute atomic E-state index is 0.143. The van der Waals surface area contributed by atoms with Crippen molar-refractivity contribution in [2.45, 2.75) is 26.2 Å². The van der Waals surface area contributed by atoms with Gasteiger partial charge in [-0.15, -0.1) is 0 Å². The highest BCUT2D eigenvalue weighted by atomic mass is 35.5. The van der Waals surface area contributed by atoms with E-state index in [1.54, 1.807) is 10.9 Å². The molecule has 1 aliphatic rings. The number of anilines is 1. The summed E-state index contributed by atoms with van der Waals surface area (Å²) in [5.41, 5.74) is 5.80. The van der Waals surface area contributed by atoms with E-state index in [1.807, 2.05) is 37.3 Å². The van der Waals surface area contributed by atoms with Gasteiger partial charge in [-0.2, -0.15) is 5.10 Å². The zero-order chi connectivity index (χ0) is 17.4. The van der Waals surface area contributed by atoms with Crippen LogP contribution in [0.1, 0.15) is 33.6 Å². The highest BCUT2D eigenvalue weighted by Gasteiger charge is 2.17. The van der Waals surface area contributed by atoms with Gasteiger partial charge in [0.2, 0.25) is 0 Å². The molecular formula is C20H18ClN3O. The molecule has 25 heavy (non-hydrogen) atoms. The third-order valence-corrected chi connectivity index (χ3v) is 4.93. The van der Waals surface area contributed by atoms with Gasteiger partial charge in [-0.25, -0.2) is 4.68 Å². The lowest BCUT2D eigenvalue weighted by molar-refractivity contribution is 0.102. The Hall–Kier alpha value is -2.59. The molecule has 1 heterocycles. The Morgan fingerprint density at radius 3 is 2.68 bits per heavy atom. The molecule has 0 spiro atoms. The number of carbonyl (C=O) groups excluding carboxylic acids is 1. The van der Waals surface area contributed by atoms with Crippen molar-refractivity contribution in [1.29, 1.82) is 0 Å². The second-order valence-corrected chi connectivity index (χ2v) is 6.76. The number of aryl methyl sites for hydroxylation is 2. The van der Waals surface area contributed by atoms with Crippen LogP contribution in [0.2, 0.25) is 5.02 Å². The van der Waals surface area contributed by atoms with Crippen LogP contribution >= 0.6 is 11.6 Å². The smallest absolute Gasteiger partial charge is 0.259 e. The summed E-state index contributed by atoms with van der Waals surface area (Å²) in [5.74, 6) is -0.143. The molecule has 4 rings (SSSR count). The fourth-order valence-electron chi connectivity index (χ4n) is 3.32. The molecule has 5 heteroatoms. The van der Waals surface area contributed by atoms with Crippen LogP contribution in [0.15, 0.2) is 48.7 Å². The van der Waals surface area contributed by atoms with Gasteiger partial charge in [0.1, 0.15) is 0 Å². The van der Waals surface area contributed by atoms with E-state index in [0.29, 0.717) is 10.6 Å². The van der Waals surface area contributed by atoms with Gasteiger partial charge in [-0.1, -0.05) is 17.7 Å². The molecule has 0 saturated carbocycles. The lowest BCUT2D eigenvalue weighted by Crippen LogP contribution is -2.13. The van der Waals surface area contributed by atoms with Gasteiger partial charge < -0.3 is 5.32 Å². The summed E-state index contributed by atoms with van der Waals surface area (Å²) < 4.78 is 1.74. The fraction of sp³-hybridized carbons (Fsp3) is 0.200. The van der Waals surface area contributed by atoms with Gasteiger partial charge in [0.15, 0.2) is 0 Å². The molecule has 3 aromatic rings. The summed E-state index contributed by atoms with van der Waals surface area (Å²) in [5, 5.41) is 8.01. The van der Waals surface area contributed by atoms with Gasteiger partial charge >= 0.3 is 0 Å². The topological polar surface area (TPSA) is 46.9 Å². The molecule has 126 valence electrons. The van der Waals surface area contributed by atoms with Crippen molar-refractivity contribution in [2.75, 3.05) is 5.32 Å². The maximum absolute atomic E-state index is 12.6. The summed E-state index contributed by atoms with van der Waals surface area (Å²) in [7, 11) is 0. The standard InChI is InChI=1S/C20H18ClN3O/c1-13-19(12-22-24(13)18-9-6-16(21)7-10-18)20(25)23-17-8-5-14-3-2-4-15(14)11-17/h5-12H,2-4H2,1H3,(H,23,25). The van der Waals surface area contributed by atoms with E-state index in [2.05, 4.69) is 22.5 Å². The number of fused-ring (bicyclic) bond motifs is 1. The number of halogens is 1. The molecule has 0 bridgehead atoms. The van der Waals surface area contributed by atoms with Crippen LogP contribution < -0.4 is 5.32 Å². The summed E-state index contributed by atoms with van der Waals surface area (Å²) in [6.07, 6.45) is 5.02. The molecule has 0 radical (unpaired) electrons. The minimum Gasteiger partial charge on any atom is -0.322 e. The monoisotopic (exact) mass is 351 g/mol. The predicted molar refractivity (Wildman–Crippen MR) is 99.7 cm³/mol. The average Bonchev–Trinajstić information content (AvgIpc) is 3.21. The van der Waals surface area contributed by atoms with Crippen molar-refractivity contribution in [1.82, 2.24) is 9.78 Å². The molecule has 0 fully saturated rings. The second kappa shape index (κ2) is 6.37. The predicted octanol–water partition coefficient (Wildman–Crippen LogP) is 4.58. The molecular weight excluding hydrogens is 334 g/mol. The quantitative estimate of drug-likeness (QED) is 0.751. The molecule has 2 aromatic carbocycles. The van der Waals surface area contributed by atoms with Crippen molar-refractivity contribution in [3.63, 3.8) is 0 Å². The van der Waals surface area contributed by atoms with E-state index in [0.717, 1.165) is 29.9 Å². The van der Waals surface area contributed by atoms with Crippen LogP contribution in [0.25, 0.3) is 5.69 Å². The number of amides is 1. The van der Waals surface area contributed by atoms with Crippen molar-refractivity contribution in [2.24, 2.45) is 0 Å². The Kier molecular flexibility index (Phi) is 4.06. The van der Waals surface area contributed by atoms with Crippen LogP contribution in [0, 0.1) is 6.92 Å². The lowest BCUT2D eigenvalue weighted by Gasteiger charge is -2.08. The zero-order valence-corrected chi connectivity index (χ0v) is 14.7. The molecule has 0 atom stereocenters.